The molecule has 0 atom stereocenters. The number of amides is 1. The number of fused-ring (bicyclic) bond motifs is 3. The van der Waals surface area contributed by atoms with Crippen LogP contribution in [0.2, 0.25) is 5.02 Å². The van der Waals surface area contributed by atoms with Gasteiger partial charge in [0.1, 0.15) is 17.5 Å². The maximum absolute atomic E-state index is 13.6. The number of nitrogens with zero attached hydrogens (tertiary/aromatic N) is 7. The zero-order valence-electron chi connectivity index (χ0n) is 20.7. The number of rotatable bonds is 4. The lowest BCUT2D eigenvalue weighted by molar-refractivity contribution is -0.130. The minimum atomic E-state index is -0.267. The first-order valence-corrected chi connectivity index (χ1v) is 12.6. The Morgan fingerprint density at radius 2 is 1.97 bits per heavy atom. The molecule has 1 aromatic carbocycles. The van der Waals surface area contributed by atoms with Crippen LogP contribution >= 0.6 is 11.6 Å². The lowest BCUT2D eigenvalue weighted by Crippen LogP contribution is -2.62. The molecule has 10 heteroatoms. The molecule has 4 heterocycles. The largest absolute Gasteiger partial charge is 0.355 e. The molecule has 1 amide bonds. The van der Waals surface area contributed by atoms with Gasteiger partial charge in [0.05, 0.1) is 25.0 Å². The number of carbonyl (C=O) groups excluding carboxylic acids is 1. The van der Waals surface area contributed by atoms with E-state index in [4.69, 9.17) is 11.6 Å². The number of hydrogen-bond acceptors (Lipinski definition) is 6. The molecule has 2 aliphatic heterocycles. The Hall–Kier alpha value is -3.04. The molecule has 1 spiro atoms. The Labute approximate surface area is 214 Å². The van der Waals surface area contributed by atoms with Crippen molar-refractivity contribution in [1.82, 2.24) is 29.5 Å². The summed E-state index contributed by atoms with van der Waals surface area (Å²) in [5.41, 5.74) is 2.98. The number of carbonyl (C=O) groups is 1. The molecule has 3 aromatic rings. The standard InChI is InChI=1S/C26H29ClFN7O/c1-16-6-22(29-10-20(16)28)34-14-26(15-34)8-18(9-26)25-31-30-23-12-33(13-24(36)32(2)3)11-17-7-19(27)4-5-21(17)35(23)25/h4-7,10,18H,8-9,11-15H2,1-3H3. The molecular formula is C26H29ClFN7O. The summed E-state index contributed by atoms with van der Waals surface area (Å²) in [5.74, 6) is 2.77. The number of benzene rings is 1. The van der Waals surface area contributed by atoms with Gasteiger partial charge in [-0.2, -0.15) is 0 Å². The molecule has 2 fully saturated rings. The van der Waals surface area contributed by atoms with Crippen molar-refractivity contribution < 1.29 is 9.18 Å². The van der Waals surface area contributed by atoms with Gasteiger partial charge < -0.3 is 9.80 Å². The number of aryl methyl sites for hydroxylation is 1. The maximum atomic E-state index is 13.6. The molecule has 0 bridgehead atoms. The monoisotopic (exact) mass is 509 g/mol. The van der Waals surface area contributed by atoms with Crippen molar-refractivity contribution in [1.29, 1.82) is 0 Å². The van der Waals surface area contributed by atoms with Gasteiger partial charge in [0, 0.05) is 50.1 Å². The van der Waals surface area contributed by atoms with Crippen molar-refractivity contribution >= 4 is 23.3 Å². The highest BCUT2D eigenvalue weighted by Crippen LogP contribution is 2.56. The second-order valence-electron chi connectivity index (χ2n) is 10.8. The number of likely N-dealkylation sites (N-methyl/N-ethyl adjacent to an activating group) is 1. The summed E-state index contributed by atoms with van der Waals surface area (Å²) in [6, 6.07) is 7.74. The van der Waals surface area contributed by atoms with Gasteiger partial charge in [-0.05, 0) is 55.2 Å². The van der Waals surface area contributed by atoms with Crippen molar-refractivity contribution in [3.05, 3.63) is 64.1 Å². The number of pyridine rings is 1. The summed E-state index contributed by atoms with van der Waals surface area (Å²) in [6.07, 6.45) is 3.38. The summed E-state index contributed by atoms with van der Waals surface area (Å²) >= 11 is 6.36. The van der Waals surface area contributed by atoms with Gasteiger partial charge in [-0.25, -0.2) is 9.37 Å². The van der Waals surface area contributed by atoms with Gasteiger partial charge >= 0.3 is 0 Å². The van der Waals surface area contributed by atoms with Crippen molar-refractivity contribution in [3.63, 3.8) is 0 Å². The van der Waals surface area contributed by atoms with Gasteiger partial charge in [0.25, 0.3) is 0 Å². The van der Waals surface area contributed by atoms with Crippen molar-refractivity contribution in [3.8, 4) is 5.69 Å². The van der Waals surface area contributed by atoms with Crippen LogP contribution in [0.4, 0.5) is 10.2 Å². The molecule has 36 heavy (non-hydrogen) atoms. The zero-order valence-corrected chi connectivity index (χ0v) is 21.5. The van der Waals surface area contributed by atoms with Crippen LogP contribution in [-0.2, 0) is 17.9 Å². The van der Waals surface area contributed by atoms with E-state index in [9.17, 15) is 9.18 Å². The fourth-order valence-corrected chi connectivity index (χ4v) is 6.04. The van der Waals surface area contributed by atoms with E-state index in [1.54, 1.807) is 25.9 Å². The lowest BCUT2D eigenvalue weighted by Gasteiger charge is -2.59. The minimum absolute atomic E-state index is 0.0491. The van der Waals surface area contributed by atoms with Crippen LogP contribution in [0.5, 0.6) is 0 Å². The van der Waals surface area contributed by atoms with Crippen molar-refractivity contribution in [2.45, 2.75) is 38.8 Å². The van der Waals surface area contributed by atoms with Crippen molar-refractivity contribution in [2.24, 2.45) is 5.41 Å². The van der Waals surface area contributed by atoms with E-state index in [2.05, 4.69) is 29.5 Å². The fraction of sp³-hybridized carbons (Fsp3) is 0.462. The first kappa shape index (κ1) is 23.4. The minimum Gasteiger partial charge on any atom is -0.355 e. The predicted molar refractivity (Wildman–Crippen MR) is 135 cm³/mol. The Morgan fingerprint density at radius 1 is 1.19 bits per heavy atom. The average Bonchev–Trinajstić information content (AvgIpc) is 3.10. The van der Waals surface area contributed by atoms with Crippen LogP contribution in [0.1, 0.15) is 41.5 Å². The molecule has 8 nitrogen and oxygen atoms in total. The van der Waals surface area contributed by atoms with E-state index in [0.717, 1.165) is 54.6 Å². The van der Waals surface area contributed by atoms with Crippen molar-refractivity contribution in [2.75, 3.05) is 38.6 Å². The van der Waals surface area contributed by atoms with Crippen LogP contribution in [0, 0.1) is 18.2 Å². The number of halogens is 2. The predicted octanol–water partition coefficient (Wildman–Crippen LogP) is 3.55. The van der Waals surface area contributed by atoms with Gasteiger partial charge in [0.2, 0.25) is 5.91 Å². The second-order valence-corrected chi connectivity index (χ2v) is 11.2. The quantitative estimate of drug-likeness (QED) is 0.535. The van der Waals surface area contributed by atoms with Gasteiger partial charge in [-0.15, -0.1) is 10.2 Å². The van der Waals surface area contributed by atoms with E-state index in [1.165, 1.54) is 6.20 Å². The highest BCUT2D eigenvalue weighted by Gasteiger charge is 2.54. The van der Waals surface area contributed by atoms with Crippen LogP contribution in [-0.4, -0.2) is 69.2 Å². The Kier molecular flexibility index (Phi) is 5.53. The smallest absolute Gasteiger partial charge is 0.236 e. The van der Waals surface area contributed by atoms with Gasteiger partial charge in [-0.3, -0.25) is 14.3 Å². The molecule has 0 N–H and O–H groups in total. The van der Waals surface area contributed by atoms with E-state index in [1.807, 2.05) is 24.3 Å². The second kappa shape index (κ2) is 8.52. The molecule has 6 rings (SSSR count). The third kappa shape index (κ3) is 3.94. The lowest BCUT2D eigenvalue weighted by atomic mass is 9.57. The number of hydrogen-bond donors (Lipinski definition) is 0. The molecule has 188 valence electrons. The first-order valence-electron chi connectivity index (χ1n) is 12.2. The molecule has 1 aliphatic carbocycles. The Morgan fingerprint density at radius 3 is 2.69 bits per heavy atom. The van der Waals surface area contributed by atoms with Crippen LogP contribution in [0.25, 0.3) is 5.69 Å². The molecule has 0 unspecified atom stereocenters. The van der Waals surface area contributed by atoms with E-state index in [0.29, 0.717) is 36.1 Å². The van der Waals surface area contributed by atoms with E-state index < -0.39 is 0 Å². The molecular weight excluding hydrogens is 481 g/mol. The number of anilines is 1. The topological polar surface area (TPSA) is 70.4 Å². The maximum Gasteiger partial charge on any atom is 0.236 e. The van der Waals surface area contributed by atoms with Gasteiger partial charge in [-0.1, -0.05) is 11.6 Å². The van der Waals surface area contributed by atoms with E-state index >= 15 is 0 Å². The van der Waals surface area contributed by atoms with Crippen LogP contribution in [0.3, 0.4) is 0 Å². The fourth-order valence-electron chi connectivity index (χ4n) is 5.85. The third-order valence-corrected chi connectivity index (χ3v) is 8.02. The van der Waals surface area contributed by atoms with Crippen LogP contribution < -0.4 is 4.90 Å². The molecule has 0 radical (unpaired) electrons. The SMILES string of the molecule is Cc1cc(N2CC3(CC(c4nnc5n4-c4ccc(Cl)cc4CN(CC(=O)N(C)C)C5)C3)C2)ncc1F. The summed E-state index contributed by atoms with van der Waals surface area (Å²) in [4.78, 5) is 22.7. The van der Waals surface area contributed by atoms with E-state index in [-0.39, 0.29) is 17.1 Å². The molecule has 1 saturated carbocycles. The average molecular weight is 510 g/mol. The number of aromatic nitrogens is 4. The van der Waals surface area contributed by atoms with Gasteiger partial charge in [0.15, 0.2) is 5.82 Å². The summed E-state index contributed by atoms with van der Waals surface area (Å²) in [6.45, 7) is 5.09. The van der Waals surface area contributed by atoms with Crippen LogP contribution in [0.15, 0.2) is 30.5 Å². The summed E-state index contributed by atoms with van der Waals surface area (Å²) in [5, 5.41) is 9.89. The Bertz CT molecular complexity index is 1340. The molecule has 2 aromatic heterocycles. The normalized spacial score (nSPS) is 18.8. The first-order chi connectivity index (χ1) is 17.2. The third-order valence-electron chi connectivity index (χ3n) is 7.79. The molecule has 3 aliphatic rings. The summed E-state index contributed by atoms with van der Waals surface area (Å²) in [7, 11) is 3.54. The highest BCUT2D eigenvalue weighted by atomic mass is 35.5. The Balaban J connectivity index is 1.22. The molecule has 1 saturated heterocycles. The summed E-state index contributed by atoms with van der Waals surface area (Å²) < 4.78 is 15.8. The zero-order chi connectivity index (χ0) is 25.2. The highest BCUT2D eigenvalue weighted by molar-refractivity contribution is 6.30.